The van der Waals surface area contributed by atoms with Crippen molar-refractivity contribution in [3.8, 4) is 0 Å². The molecule has 1 aliphatic rings. The molecule has 0 atom stereocenters. The molecule has 0 bridgehead atoms. The Hall–Kier alpha value is -0.820. The Kier molecular flexibility index (Phi) is 2.87. The van der Waals surface area contributed by atoms with Crippen LogP contribution in [0.4, 0.5) is 0 Å². The molecule has 1 aromatic rings. The van der Waals surface area contributed by atoms with E-state index in [0.717, 1.165) is 24.2 Å². The summed E-state index contributed by atoms with van der Waals surface area (Å²) in [6.45, 7) is 0. The average molecular weight is 209 g/mol. The van der Waals surface area contributed by atoms with Crippen LogP contribution in [0.25, 0.3) is 0 Å². The van der Waals surface area contributed by atoms with Crippen LogP contribution in [0.15, 0.2) is 24.3 Å². The van der Waals surface area contributed by atoms with Crippen molar-refractivity contribution in [2.45, 2.75) is 25.2 Å². The summed E-state index contributed by atoms with van der Waals surface area (Å²) in [6.07, 6.45) is 3.96. The SMILES string of the molecule is O=CCC1CC(c2ccccc2Cl)C1. The lowest BCUT2D eigenvalue weighted by Gasteiger charge is -2.35. The van der Waals surface area contributed by atoms with Crippen LogP contribution in [0, 0.1) is 5.92 Å². The highest BCUT2D eigenvalue weighted by molar-refractivity contribution is 6.31. The van der Waals surface area contributed by atoms with Crippen molar-refractivity contribution in [2.24, 2.45) is 5.92 Å². The van der Waals surface area contributed by atoms with Crippen molar-refractivity contribution in [1.82, 2.24) is 0 Å². The van der Waals surface area contributed by atoms with Gasteiger partial charge in [-0.05, 0) is 36.3 Å². The molecule has 0 aliphatic heterocycles. The first-order valence-electron chi connectivity index (χ1n) is 4.99. The Bertz CT molecular complexity index is 329. The summed E-state index contributed by atoms with van der Waals surface area (Å²) in [5.74, 6) is 1.17. The van der Waals surface area contributed by atoms with Crippen LogP contribution in [-0.2, 0) is 4.79 Å². The molecule has 2 rings (SSSR count). The predicted octanol–water partition coefficient (Wildman–Crippen LogP) is 3.42. The van der Waals surface area contributed by atoms with E-state index in [-0.39, 0.29) is 0 Å². The first-order valence-corrected chi connectivity index (χ1v) is 5.37. The Morgan fingerprint density at radius 3 is 2.71 bits per heavy atom. The highest BCUT2D eigenvalue weighted by Crippen LogP contribution is 2.44. The van der Waals surface area contributed by atoms with Gasteiger partial charge in [-0.1, -0.05) is 29.8 Å². The maximum Gasteiger partial charge on any atom is 0.120 e. The normalized spacial score (nSPS) is 25.5. The standard InChI is InChI=1S/C12H13ClO/c13-12-4-2-1-3-11(12)10-7-9(8-10)5-6-14/h1-4,6,9-10H,5,7-8H2. The maximum absolute atomic E-state index is 10.3. The number of hydrogen-bond acceptors (Lipinski definition) is 1. The smallest absolute Gasteiger partial charge is 0.120 e. The van der Waals surface area contributed by atoms with Gasteiger partial charge in [-0.2, -0.15) is 0 Å². The summed E-state index contributed by atoms with van der Waals surface area (Å²) < 4.78 is 0. The fourth-order valence-electron chi connectivity index (χ4n) is 2.12. The van der Waals surface area contributed by atoms with Crippen molar-refractivity contribution in [2.75, 3.05) is 0 Å². The second-order valence-electron chi connectivity index (χ2n) is 3.96. The zero-order chi connectivity index (χ0) is 9.97. The molecule has 2 heteroatoms. The molecular weight excluding hydrogens is 196 g/mol. The van der Waals surface area contributed by atoms with E-state index >= 15 is 0 Å². The number of carbonyl (C=O) groups is 1. The quantitative estimate of drug-likeness (QED) is 0.696. The number of halogens is 1. The monoisotopic (exact) mass is 208 g/mol. The molecule has 0 N–H and O–H groups in total. The van der Waals surface area contributed by atoms with Gasteiger partial charge >= 0.3 is 0 Å². The molecular formula is C12H13ClO. The highest BCUT2D eigenvalue weighted by atomic mass is 35.5. The van der Waals surface area contributed by atoms with E-state index < -0.39 is 0 Å². The van der Waals surface area contributed by atoms with Gasteiger partial charge in [0, 0.05) is 11.4 Å². The van der Waals surface area contributed by atoms with E-state index in [1.807, 2.05) is 18.2 Å². The molecule has 0 aromatic heterocycles. The van der Waals surface area contributed by atoms with Gasteiger partial charge in [0.05, 0.1) is 0 Å². The molecule has 0 unspecified atom stereocenters. The Morgan fingerprint density at radius 2 is 2.07 bits per heavy atom. The van der Waals surface area contributed by atoms with Crippen molar-refractivity contribution in [3.05, 3.63) is 34.9 Å². The number of hydrogen-bond donors (Lipinski definition) is 0. The lowest BCUT2D eigenvalue weighted by atomic mass is 9.70. The van der Waals surface area contributed by atoms with Crippen molar-refractivity contribution < 1.29 is 4.79 Å². The molecule has 14 heavy (non-hydrogen) atoms. The minimum absolute atomic E-state index is 0.577. The molecule has 0 radical (unpaired) electrons. The van der Waals surface area contributed by atoms with Crippen LogP contribution in [0.2, 0.25) is 5.02 Å². The van der Waals surface area contributed by atoms with Crippen LogP contribution >= 0.6 is 11.6 Å². The largest absolute Gasteiger partial charge is 0.303 e. The first-order chi connectivity index (χ1) is 6.81. The van der Waals surface area contributed by atoms with E-state index in [1.54, 1.807) is 0 Å². The molecule has 0 spiro atoms. The average Bonchev–Trinajstić information content (AvgIpc) is 2.12. The zero-order valence-electron chi connectivity index (χ0n) is 7.95. The molecule has 1 aliphatic carbocycles. The van der Waals surface area contributed by atoms with Crippen LogP contribution in [0.3, 0.4) is 0 Å². The Balaban J connectivity index is 1.99. The van der Waals surface area contributed by atoms with Crippen LogP contribution in [0.1, 0.15) is 30.7 Å². The highest BCUT2D eigenvalue weighted by Gasteiger charge is 2.30. The number of benzene rings is 1. The van der Waals surface area contributed by atoms with Crippen molar-refractivity contribution in [1.29, 1.82) is 0 Å². The van der Waals surface area contributed by atoms with E-state index in [9.17, 15) is 4.79 Å². The number of carbonyl (C=O) groups excluding carboxylic acids is 1. The van der Waals surface area contributed by atoms with Crippen LogP contribution in [0.5, 0.6) is 0 Å². The summed E-state index contributed by atoms with van der Waals surface area (Å²) in [5, 5.41) is 0.863. The molecule has 1 nitrogen and oxygen atoms in total. The van der Waals surface area contributed by atoms with E-state index in [0.29, 0.717) is 18.3 Å². The fourth-order valence-corrected chi connectivity index (χ4v) is 2.41. The third-order valence-electron chi connectivity index (χ3n) is 3.01. The molecule has 0 amide bonds. The minimum Gasteiger partial charge on any atom is -0.303 e. The third-order valence-corrected chi connectivity index (χ3v) is 3.35. The topological polar surface area (TPSA) is 17.1 Å². The summed E-state index contributed by atoms with van der Waals surface area (Å²) in [7, 11) is 0. The second kappa shape index (κ2) is 4.14. The van der Waals surface area contributed by atoms with E-state index in [1.165, 1.54) is 5.56 Å². The summed E-state index contributed by atoms with van der Waals surface area (Å²) in [5.41, 5.74) is 1.25. The lowest BCUT2D eigenvalue weighted by molar-refractivity contribution is -0.109. The van der Waals surface area contributed by atoms with Gasteiger partial charge in [0.25, 0.3) is 0 Å². The first kappa shape index (κ1) is 9.72. The molecule has 1 saturated carbocycles. The number of rotatable bonds is 3. The van der Waals surface area contributed by atoms with Crippen molar-refractivity contribution >= 4 is 17.9 Å². The van der Waals surface area contributed by atoms with E-state index in [4.69, 9.17) is 11.6 Å². The predicted molar refractivity (Wildman–Crippen MR) is 57.6 cm³/mol. The fraction of sp³-hybridized carbons (Fsp3) is 0.417. The Labute approximate surface area is 89.1 Å². The van der Waals surface area contributed by atoms with Gasteiger partial charge in [-0.25, -0.2) is 0 Å². The van der Waals surface area contributed by atoms with Crippen molar-refractivity contribution in [3.63, 3.8) is 0 Å². The third kappa shape index (κ3) is 1.83. The maximum atomic E-state index is 10.3. The summed E-state index contributed by atoms with van der Waals surface area (Å²) in [6, 6.07) is 8.00. The van der Waals surface area contributed by atoms with Gasteiger partial charge in [-0.3, -0.25) is 0 Å². The van der Waals surface area contributed by atoms with Crippen LogP contribution in [-0.4, -0.2) is 6.29 Å². The van der Waals surface area contributed by atoms with Gasteiger partial charge in [0.1, 0.15) is 6.29 Å². The van der Waals surface area contributed by atoms with Crippen LogP contribution < -0.4 is 0 Å². The Morgan fingerprint density at radius 1 is 1.36 bits per heavy atom. The number of aldehydes is 1. The van der Waals surface area contributed by atoms with Gasteiger partial charge in [0.2, 0.25) is 0 Å². The van der Waals surface area contributed by atoms with Gasteiger partial charge in [-0.15, -0.1) is 0 Å². The summed E-state index contributed by atoms with van der Waals surface area (Å²) >= 11 is 6.09. The molecule has 0 saturated heterocycles. The van der Waals surface area contributed by atoms with Gasteiger partial charge in [0.15, 0.2) is 0 Å². The lowest BCUT2D eigenvalue weighted by Crippen LogP contribution is -2.22. The molecule has 74 valence electrons. The molecule has 0 heterocycles. The minimum atomic E-state index is 0.577. The van der Waals surface area contributed by atoms with Gasteiger partial charge < -0.3 is 4.79 Å². The molecule has 1 aromatic carbocycles. The zero-order valence-corrected chi connectivity index (χ0v) is 8.70. The second-order valence-corrected chi connectivity index (χ2v) is 4.37. The summed E-state index contributed by atoms with van der Waals surface area (Å²) in [4.78, 5) is 10.3. The van der Waals surface area contributed by atoms with E-state index in [2.05, 4.69) is 6.07 Å². The molecule has 1 fully saturated rings.